The summed E-state index contributed by atoms with van der Waals surface area (Å²) in [6.07, 6.45) is 3.00. The molecule has 1 aromatic heterocycles. The highest BCUT2D eigenvalue weighted by Gasteiger charge is 2.19. The Morgan fingerprint density at radius 3 is 2.50 bits per heavy atom. The molecular formula is C18H21N3O4S. The third-order valence-electron chi connectivity index (χ3n) is 3.66. The number of nitro groups is 1. The highest BCUT2D eigenvalue weighted by molar-refractivity contribution is 7.07. The average Bonchev–Trinajstić information content (AvgIpc) is 2.85. The van der Waals surface area contributed by atoms with Gasteiger partial charge in [-0.05, 0) is 17.7 Å². The van der Waals surface area contributed by atoms with E-state index in [9.17, 15) is 19.7 Å². The highest BCUT2D eigenvalue weighted by atomic mass is 32.1. The lowest BCUT2D eigenvalue weighted by atomic mass is 9.91. The van der Waals surface area contributed by atoms with Crippen LogP contribution in [0.3, 0.4) is 0 Å². The van der Waals surface area contributed by atoms with Crippen molar-refractivity contribution in [3.05, 3.63) is 53.4 Å². The van der Waals surface area contributed by atoms with Gasteiger partial charge in [0.1, 0.15) is 5.69 Å². The molecule has 0 bridgehead atoms. The Morgan fingerprint density at radius 2 is 1.96 bits per heavy atom. The van der Waals surface area contributed by atoms with E-state index in [-0.39, 0.29) is 17.0 Å². The molecule has 8 heteroatoms. The van der Waals surface area contributed by atoms with Crippen molar-refractivity contribution in [2.24, 2.45) is 5.41 Å². The van der Waals surface area contributed by atoms with Gasteiger partial charge in [0.2, 0.25) is 0 Å². The Hall–Kier alpha value is -2.74. The number of aromatic nitrogens is 1. The number of hydrogen-bond donors (Lipinski definition) is 1. The van der Waals surface area contributed by atoms with E-state index in [0.29, 0.717) is 20.4 Å². The van der Waals surface area contributed by atoms with Gasteiger partial charge in [-0.1, -0.05) is 26.8 Å². The molecule has 2 aromatic rings. The zero-order chi connectivity index (χ0) is 19.6. The SMILES string of the molecule is CN(C)c1ccc(/C=c2\s/c(=C\C(=O)C(C)(C)C)[nH]c2=O)cc1[N+](=O)[O-]. The summed E-state index contributed by atoms with van der Waals surface area (Å²) in [6.45, 7) is 5.40. The number of carbonyl (C=O) groups excluding carboxylic acids is 1. The van der Waals surface area contributed by atoms with Gasteiger partial charge in [0.25, 0.3) is 11.2 Å². The predicted molar refractivity (Wildman–Crippen MR) is 104 cm³/mol. The van der Waals surface area contributed by atoms with Crippen molar-refractivity contribution >= 4 is 40.6 Å². The quantitative estimate of drug-likeness (QED) is 0.647. The van der Waals surface area contributed by atoms with Crippen molar-refractivity contribution in [2.45, 2.75) is 20.8 Å². The van der Waals surface area contributed by atoms with Crippen molar-refractivity contribution in [3.63, 3.8) is 0 Å². The fourth-order valence-electron chi connectivity index (χ4n) is 2.17. The Bertz CT molecular complexity index is 1030. The zero-order valence-corrected chi connectivity index (χ0v) is 16.1. The molecule has 1 aromatic carbocycles. The molecule has 138 valence electrons. The molecule has 1 heterocycles. The third kappa shape index (κ3) is 4.45. The highest BCUT2D eigenvalue weighted by Crippen LogP contribution is 2.27. The van der Waals surface area contributed by atoms with Gasteiger partial charge in [0.15, 0.2) is 5.78 Å². The molecule has 2 rings (SSSR count). The molecule has 0 unspecified atom stereocenters. The minimum Gasteiger partial charge on any atom is -0.372 e. The second kappa shape index (κ2) is 7.25. The number of ketones is 1. The van der Waals surface area contributed by atoms with Gasteiger partial charge in [0.05, 0.1) is 14.1 Å². The molecule has 0 aliphatic rings. The summed E-state index contributed by atoms with van der Waals surface area (Å²) in [5, 5.41) is 11.3. The molecule has 7 nitrogen and oxygen atoms in total. The zero-order valence-electron chi connectivity index (χ0n) is 15.3. The van der Waals surface area contributed by atoms with Crippen LogP contribution in [0, 0.1) is 15.5 Å². The van der Waals surface area contributed by atoms with Crippen LogP contribution < -0.4 is 19.7 Å². The van der Waals surface area contributed by atoms with Crippen molar-refractivity contribution < 1.29 is 9.72 Å². The molecule has 0 saturated carbocycles. The number of Topliss-reactive ketones (excluding diaryl/α,β-unsaturated/α-hetero) is 1. The Balaban J connectivity index is 2.54. The largest absolute Gasteiger partial charge is 0.372 e. The first-order valence-corrected chi connectivity index (χ1v) is 8.73. The van der Waals surface area contributed by atoms with E-state index in [2.05, 4.69) is 4.98 Å². The normalized spacial score (nSPS) is 13.1. The van der Waals surface area contributed by atoms with Gasteiger partial charge in [-0.2, -0.15) is 0 Å². The van der Waals surface area contributed by atoms with Crippen LogP contribution in [0.25, 0.3) is 12.2 Å². The molecule has 0 aliphatic carbocycles. The first kappa shape index (κ1) is 19.6. The van der Waals surface area contributed by atoms with Crippen LogP contribution in [0.1, 0.15) is 26.3 Å². The lowest BCUT2D eigenvalue weighted by Crippen LogP contribution is -2.22. The van der Waals surface area contributed by atoms with Gasteiger partial charge in [0, 0.05) is 31.7 Å². The van der Waals surface area contributed by atoms with Gasteiger partial charge in [-0.3, -0.25) is 19.7 Å². The molecule has 0 saturated heterocycles. The van der Waals surface area contributed by atoms with E-state index >= 15 is 0 Å². The number of benzene rings is 1. The summed E-state index contributed by atoms with van der Waals surface area (Å²) < 4.78 is 0.838. The van der Waals surface area contributed by atoms with Crippen LogP contribution in [0.2, 0.25) is 0 Å². The smallest absolute Gasteiger partial charge is 0.293 e. The molecule has 0 aliphatic heterocycles. The molecule has 1 N–H and O–H groups in total. The molecule has 0 fully saturated rings. The predicted octanol–water partition coefficient (Wildman–Crippen LogP) is 1.64. The molecule has 26 heavy (non-hydrogen) atoms. The Morgan fingerprint density at radius 1 is 1.31 bits per heavy atom. The maximum atomic E-state index is 12.1. The molecule has 0 amide bonds. The van der Waals surface area contributed by atoms with Crippen LogP contribution in [-0.4, -0.2) is 29.8 Å². The maximum Gasteiger partial charge on any atom is 0.293 e. The minimum absolute atomic E-state index is 0.0357. The minimum atomic E-state index is -0.534. The Kier molecular flexibility index (Phi) is 5.46. The van der Waals surface area contributed by atoms with Crippen molar-refractivity contribution in [1.82, 2.24) is 4.98 Å². The second-order valence-electron chi connectivity index (χ2n) is 7.09. The third-order valence-corrected chi connectivity index (χ3v) is 4.62. The maximum absolute atomic E-state index is 12.1. The van der Waals surface area contributed by atoms with Crippen LogP contribution in [-0.2, 0) is 4.79 Å². The van der Waals surface area contributed by atoms with Crippen molar-refractivity contribution in [1.29, 1.82) is 0 Å². The van der Waals surface area contributed by atoms with Gasteiger partial charge in [-0.25, -0.2) is 0 Å². The number of H-pyrrole nitrogens is 1. The first-order chi connectivity index (χ1) is 12.0. The molecule has 0 radical (unpaired) electrons. The molecule has 0 atom stereocenters. The van der Waals surface area contributed by atoms with Crippen LogP contribution >= 0.6 is 11.3 Å². The van der Waals surface area contributed by atoms with E-state index in [4.69, 9.17) is 0 Å². The number of rotatable bonds is 4. The fourth-order valence-corrected chi connectivity index (χ4v) is 3.05. The number of nitrogens with zero attached hydrogens (tertiary/aromatic N) is 2. The van der Waals surface area contributed by atoms with Crippen LogP contribution in [0.4, 0.5) is 11.4 Å². The standard InChI is InChI=1S/C18H21N3O4S/c1-18(2,3)15(22)10-16-19-17(23)14(26-16)9-11-6-7-12(20(4)5)13(8-11)21(24)25/h6-10H,1-5H3,(H,19,23)/b14-9-,16-10-. The summed E-state index contributed by atoms with van der Waals surface area (Å²) in [6, 6.07) is 4.78. The number of thiazole rings is 1. The van der Waals surface area contributed by atoms with E-state index in [1.807, 2.05) is 0 Å². The lowest BCUT2D eigenvalue weighted by molar-refractivity contribution is -0.384. The number of nitrogens with one attached hydrogen (secondary N) is 1. The van der Waals surface area contributed by atoms with Crippen LogP contribution in [0.5, 0.6) is 0 Å². The monoisotopic (exact) mass is 375 g/mol. The molecule has 0 spiro atoms. The topological polar surface area (TPSA) is 96.3 Å². The van der Waals surface area contributed by atoms with Crippen molar-refractivity contribution in [2.75, 3.05) is 19.0 Å². The van der Waals surface area contributed by atoms with E-state index in [1.165, 1.54) is 12.1 Å². The number of carbonyl (C=O) groups is 1. The number of anilines is 1. The second-order valence-corrected chi connectivity index (χ2v) is 8.17. The van der Waals surface area contributed by atoms with E-state index in [1.54, 1.807) is 58.0 Å². The number of aromatic amines is 1. The summed E-state index contributed by atoms with van der Waals surface area (Å²) in [5.74, 6) is -0.0903. The van der Waals surface area contributed by atoms with Crippen molar-refractivity contribution in [3.8, 4) is 0 Å². The van der Waals surface area contributed by atoms with Crippen LogP contribution in [0.15, 0.2) is 23.0 Å². The summed E-state index contributed by atoms with van der Waals surface area (Å²) in [4.78, 5) is 39.3. The summed E-state index contributed by atoms with van der Waals surface area (Å²) >= 11 is 1.14. The average molecular weight is 375 g/mol. The lowest BCUT2D eigenvalue weighted by Gasteiger charge is -2.12. The summed E-state index contributed by atoms with van der Waals surface area (Å²) in [7, 11) is 3.45. The fraction of sp³-hybridized carbons (Fsp3) is 0.333. The van der Waals surface area contributed by atoms with E-state index < -0.39 is 10.3 Å². The Labute approximate surface area is 154 Å². The van der Waals surface area contributed by atoms with Gasteiger partial charge in [-0.15, -0.1) is 11.3 Å². The number of hydrogen-bond acceptors (Lipinski definition) is 6. The van der Waals surface area contributed by atoms with E-state index in [0.717, 1.165) is 11.3 Å². The van der Waals surface area contributed by atoms with Gasteiger partial charge < -0.3 is 9.88 Å². The molecular weight excluding hydrogens is 354 g/mol. The summed E-state index contributed by atoms with van der Waals surface area (Å²) in [5.41, 5.74) is 0.127. The number of nitro benzene ring substituents is 1. The first-order valence-electron chi connectivity index (χ1n) is 7.92. The van der Waals surface area contributed by atoms with Gasteiger partial charge >= 0.3 is 0 Å².